The molecule has 0 aromatic heterocycles. The van der Waals surface area contributed by atoms with E-state index in [1.807, 2.05) is 18.2 Å². The third kappa shape index (κ3) is 3.52. The molecule has 0 spiro atoms. The van der Waals surface area contributed by atoms with Gasteiger partial charge in [-0.15, -0.1) is 11.8 Å². The normalized spacial score (nSPS) is 10.9. The SMILES string of the molecule is CC(C)CSc1ccc(Cl)cc1CO. The number of thioether (sulfide) groups is 1. The molecule has 78 valence electrons. The Morgan fingerprint density at radius 1 is 1.43 bits per heavy atom. The number of hydrogen-bond acceptors (Lipinski definition) is 2. The van der Waals surface area contributed by atoms with Crippen molar-refractivity contribution in [1.29, 1.82) is 0 Å². The van der Waals surface area contributed by atoms with Crippen molar-refractivity contribution >= 4 is 23.4 Å². The lowest BCUT2D eigenvalue weighted by molar-refractivity contribution is 0.279. The molecule has 0 aliphatic rings. The van der Waals surface area contributed by atoms with Crippen LogP contribution in [0.5, 0.6) is 0 Å². The molecule has 1 nitrogen and oxygen atoms in total. The molecule has 0 amide bonds. The van der Waals surface area contributed by atoms with Crippen molar-refractivity contribution in [2.24, 2.45) is 5.92 Å². The largest absolute Gasteiger partial charge is 0.392 e. The maximum Gasteiger partial charge on any atom is 0.0693 e. The summed E-state index contributed by atoms with van der Waals surface area (Å²) in [6.45, 7) is 4.42. The van der Waals surface area contributed by atoms with Crippen LogP contribution in [0.15, 0.2) is 23.1 Å². The van der Waals surface area contributed by atoms with Gasteiger partial charge in [-0.05, 0) is 29.7 Å². The van der Waals surface area contributed by atoms with Gasteiger partial charge in [0.05, 0.1) is 6.61 Å². The molecule has 0 radical (unpaired) electrons. The van der Waals surface area contributed by atoms with E-state index in [-0.39, 0.29) is 6.61 Å². The highest BCUT2D eigenvalue weighted by atomic mass is 35.5. The molecule has 0 atom stereocenters. The maximum atomic E-state index is 9.14. The fraction of sp³-hybridized carbons (Fsp3) is 0.455. The summed E-state index contributed by atoms with van der Waals surface area (Å²) in [6.07, 6.45) is 0. The van der Waals surface area contributed by atoms with Crippen LogP contribution in [0, 0.1) is 5.92 Å². The number of benzene rings is 1. The standard InChI is InChI=1S/C11H15ClOS/c1-8(2)7-14-11-4-3-10(12)5-9(11)6-13/h3-5,8,13H,6-7H2,1-2H3. The van der Waals surface area contributed by atoms with Gasteiger partial charge in [-0.1, -0.05) is 25.4 Å². The van der Waals surface area contributed by atoms with Gasteiger partial charge in [0.15, 0.2) is 0 Å². The van der Waals surface area contributed by atoms with Gasteiger partial charge in [0.2, 0.25) is 0 Å². The highest BCUT2D eigenvalue weighted by Crippen LogP contribution is 2.27. The fourth-order valence-electron chi connectivity index (χ4n) is 1.07. The Morgan fingerprint density at radius 3 is 2.71 bits per heavy atom. The third-order valence-corrected chi connectivity index (χ3v) is 3.54. The average molecular weight is 231 g/mol. The lowest BCUT2D eigenvalue weighted by atomic mass is 10.2. The molecule has 0 bridgehead atoms. The average Bonchev–Trinajstić information content (AvgIpc) is 2.15. The molecule has 3 heteroatoms. The van der Waals surface area contributed by atoms with E-state index in [0.717, 1.165) is 16.2 Å². The smallest absolute Gasteiger partial charge is 0.0693 e. The Balaban J connectivity index is 2.75. The van der Waals surface area contributed by atoms with Gasteiger partial charge in [0, 0.05) is 15.7 Å². The molecular weight excluding hydrogens is 216 g/mol. The molecule has 0 aliphatic carbocycles. The summed E-state index contributed by atoms with van der Waals surface area (Å²) in [5.41, 5.74) is 0.920. The monoisotopic (exact) mass is 230 g/mol. The van der Waals surface area contributed by atoms with Gasteiger partial charge in [0.1, 0.15) is 0 Å². The zero-order valence-electron chi connectivity index (χ0n) is 8.46. The number of rotatable bonds is 4. The predicted octanol–water partition coefficient (Wildman–Crippen LogP) is 3.58. The zero-order valence-corrected chi connectivity index (χ0v) is 10.0. The zero-order chi connectivity index (χ0) is 10.6. The molecule has 1 aromatic carbocycles. The van der Waals surface area contributed by atoms with Crippen molar-refractivity contribution in [3.05, 3.63) is 28.8 Å². The van der Waals surface area contributed by atoms with E-state index in [0.29, 0.717) is 10.9 Å². The van der Waals surface area contributed by atoms with Crippen molar-refractivity contribution in [3.8, 4) is 0 Å². The summed E-state index contributed by atoms with van der Waals surface area (Å²) in [7, 11) is 0. The molecule has 1 rings (SSSR count). The first kappa shape index (κ1) is 11.9. The van der Waals surface area contributed by atoms with E-state index in [1.54, 1.807) is 11.8 Å². The van der Waals surface area contributed by atoms with Gasteiger partial charge >= 0.3 is 0 Å². The molecule has 0 aliphatic heterocycles. The summed E-state index contributed by atoms with van der Waals surface area (Å²) >= 11 is 7.61. The van der Waals surface area contributed by atoms with Gasteiger partial charge in [-0.25, -0.2) is 0 Å². The quantitative estimate of drug-likeness (QED) is 0.798. The summed E-state index contributed by atoms with van der Waals surface area (Å²) in [6, 6.07) is 5.66. The van der Waals surface area contributed by atoms with E-state index < -0.39 is 0 Å². The minimum Gasteiger partial charge on any atom is -0.392 e. The third-order valence-electron chi connectivity index (χ3n) is 1.77. The first-order chi connectivity index (χ1) is 6.63. The second-order valence-electron chi connectivity index (χ2n) is 3.62. The Morgan fingerprint density at radius 2 is 2.14 bits per heavy atom. The highest BCUT2D eigenvalue weighted by molar-refractivity contribution is 7.99. The van der Waals surface area contributed by atoms with Crippen LogP contribution in [-0.2, 0) is 6.61 Å². The molecule has 1 aromatic rings. The minimum atomic E-state index is 0.0565. The Kier molecular flexibility index (Phi) is 4.79. The lowest BCUT2D eigenvalue weighted by Gasteiger charge is -2.08. The van der Waals surface area contributed by atoms with Gasteiger partial charge in [-0.2, -0.15) is 0 Å². The molecule has 0 saturated carbocycles. The molecule has 0 heterocycles. The van der Waals surface area contributed by atoms with Crippen LogP contribution in [0.4, 0.5) is 0 Å². The van der Waals surface area contributed by atoms with Crippen molar-refractivity contribution < 1.29 is 5.11 Å². The molecular formula is C11H15ClOS. The summed E-state index contributed by atoms with van der Waals surface area (Å²) in [5, 5.41) is 9.82. The topological polar surface area (TPSA) is 20.2 Å². The van der Waals surface area contributed by atoms with Crippen LogP contribution >= 0.6 is 23.4 Å². The first-order valence-corrected chi connectivity index (χ1v) is 6.02. The lowest BCUT2D eigenvalue weighted by Crippen LogP contribution is -1.93. The van der Waals surface area contributed by atoms with Crippen molar-refractivity contribution in [1.82, 2.24) is 0 Å². The Hall–Kier alpha value is -0.180. The molecule has 0 unspecified atom stereocenters. The van der Waals surface area contributed by atoms with Crippen molar-refractivity contribution in [3.63, 3.8) is 0 Å². The fourth-order valence-corrected chi connectivity index (χ4v) is 2.25. The van der Waals surface area contributed by atoms with Crippen molar-refractivity contribution in [2.45, 2.75) is 25.3 Å². The van der Waals surface area contributed by atoms with E-state index >= 15 is 0 Å². The first-order valence-electron chi connectivity index (χ1n) is 4.65. The van der Waals surface area contributed by atoms with E-state index in [2.05, 4.69) is 13.8 Å². The van der Waals surface area contributed by atoms with E-state index in [9.17, 15) is 0 Å². The molecule has 1 N–H and O–H groups in total. The second-order valence-corrected chi connectivity index (χ2v) is 5.11. The van der Waals surface area contributed by atoms with E-state index in [4.69, 9.17) is 16.7 Å². The van der Waals surface area contributed by atoms with Crippen LogP contribution in [-0.4, -0.2) is 10.9 Å². The number of halogens is 1. The van der Waals surface area contributed by atoms with Gasteiger partial charge in [0.25, 0.3) is 0 Å². The summed E-state index contributed by atoms with van der Waals surface area (Å²) in [5.74, 6) is 1.72. The molecule has 0 saturated heterocycles. The summed E-state index contributed by atoms with van der Waals surface area (Å²) in [4.78, 5) is 1.13. The number of aliphatic hydroxyl groups is 1. The van der Waals surface area contributed by atoms with Gasteiger partial charge in [-0.3, -0.25) is 0 Å². The number of aliphatic hydroxyl groups excluding tert-OH is 1. The van der Waals surface area contributed by atoms with Crippen LogP contribution in [0.2, 0.25) is 5.02 Å². The maximum absolute atomic E-state index is 9.14. The number of hydrogen-bond donors (Lipinski definition) is 1. The van der Waals surface area contributed by atoms with Crippen LogP contribution in [0.25, 0.3) is 0 Å². The van der Waals surface area contributed by atoms with Crippen molar-refractivity contribution in [2.75, 3.05) is 5.75 Å². The van der Waals surface area contributed by atoms with E-state index in [1.165, 1.54) is 0 Å². The van der Waals surface area contributed by atoms with Crippen LogP contribution < -0.4 is 0 Å². The Bertz CT molecular complexity index is 299. The predicted molar refractivity (Wildman–Crippen MR) is 62.9 cm³/mol. The van der Waals surface area contributed by atoms with Crippen LogP contribution in [0.3, 0.4) is 0 Å². The van der Waals surface area contributed by atoms with Crippen LogP contribution in [0.1, 0.15) is 19.4 Å². The summed E-state index contributed by atoms with van der Waals surface area (Å²) < 4.78 is 0. The highest BCUT2D eigenvalue weighted by Gasteiger charge is 2.04. The second kappa shape index (κ2) is 5.64. The minimum absolute atomic E-state index is 0.0565. The molecule has 14 heavy (non-hydrogen) atoms. The molecule has 0 fully saturated rings. The Labute approximate surface area is 94.5 Å². The van der Waals surface area contributed by atoms with Gasteiger partial charge < -0.3 is 5.11 Å².